The van der Waals surface area contributed by atoms with Crippen molar-refractivity contribution in [2.24, 2.45) is 0 Å². The van der Waals surface area contributed by atoms with Gasteiger partial charge in [-0.05, 0) is 54.5 Å². The Bertz CT molecular complexity index is 814. The molecule has 1 aromatic carbocycles. The molecule has 2 amide bonds. The van der Waals surface area contributed by atoms with E-state index in [1.54, 1.807) is 11.3 Å². The standard InChI is InChI=1S/C20H22N2O2S/c1-14-17-8-11-25-18(17)7-10-22(14)20(24)16-5-2-4-15(12-16)13-21-9-3-6-19(21)23/h2,4-5,8,11-12,14H,3,6-7,9-10,13H2,1H3/t14-/m0/s1. The molecule has 2 aliphatic heterocycles. The molecular formula is C20H22N2O2S. The molecule has 2 aromatic rings. The van der Waals surface area contributed by atoms with E-state index < -0.39 is 0 Å². The van der Waals surface area contributed by atoms with Crippen LogP contribution < -0.4 is 0 Å². The predicted molar refractivity (Wildman–Crippen MR) is 98.6 cm³/mol. The van der Waals surface area contributed by atoms with Crippen molar-refractivity contribution < 1.29 is 9.59 Å². The molecule has 0 radical (unpaired) electrons. The summed E-state index contributed by atoms with van der Waals surface area (Å²) in [6.45, 7) is 4.29. The average Bonchev–Trinajstić information content (AvgIpc) is 3.25. The Morgan fingerprint density at radius 1 is 1.24 bits per heavy atom. The lowest BCUT2D eigenvalue weighted by Crippen LogP contribution is -2.38. The number of hydrogen-bond acceptors (Lipinski definition) is 3. The highest BCUT2D eigenvalue weighted by molar-refractivity contribution is 7.10. The second-order valence-electron chi connectivity index (χ2n) is 6.84. The van der Waals surface area contributed by atoms with Crippen LogP contribution in [0.5, 0.6) is 0 Å². The molecule has 0 saturated carbocycles. The van der Waals surface area contributed by atoms with E-state index in [1.807, 2.05) is 34.1 Å². The first-order chi connectivity index (χ1) is 12.1. The molecule has 4 rings (SSSR count). The molecule has 1 atom stereocenters. The first-order valence-electron chi connectivity index (χ1n) is 8.87. The Morgan fingerprint density at radius 2 is 2.12 bits per heavy atom. The fraction of sp³-hybridized carbons (Fsp3) is 0.400. The maximum absolute atomic E-state index is 13.0. The van der Waals surface area contributed by atoms with Crippen molar-refractivity contribution in [2.75, 3.05) is 13.1 Å². The van der Waals surface area contributed by atoms with Gasteiger partial charge in [-0.3, -0.25) is 9.59 Å². The molecule has 1 aromatic heterocycles. The van der Waals surface area contributed by atoms with Crippen LogP contribution in [0.4, 0.5) is 0 Å². The highest BCUT2D eigenvalue weighted by Gasteiger charge is 2.29. The number of likely N-dealkylation sites (tertiary alicyclic amines) is 1. The molecule has 130 valence electrons. The number of rotatable bonds is 3. The molecule has 5 heteroatoms. The number of benzene rings is 1. The summed E-state index contributed by atoms with van der Waals surface area (Å²) in [5, 5.41) is 2.11. The van der Waals surface area contributed by atoms with Gasteiger partial charge >= 0.3 is 0 Å². The van der Waals surface area contributed by atoms with Crippen LogP contribution in [0.2, 0.25) is 0 Å². The van der Waals surface area contributed by atoms with Crippen LogP contribution in [0.1, 0.15) is 52.2 Å². The lowest BCUT2D eigenvalue weighted by molar-refractivity contribution is -0.128. The summed E-state index contributed by atoms with van der Waals surface area (Å²) in [5.74, 6) is 0.297. The quantitative estimate of drug-likeness (QED) is 0.844. The summed E-state index contributed by atoms with van der Waals surface area (Å²) in [5.41, 5.74) is 3.03. The number of thiophene rings is 1. The van der Waals surface area contributed by atoms with Gasteiger partial charge in [0.05, 0.1) is 6.04 Å². The molecule has 25 heavy (non-hydrogen) atoms. The molecule has 0 bridgehead atoms. The third kappa shape index (κ3) is 3.09. The molecule has 1 saturated heterocycles. The van der Waals surface area contributed by atoms with Crippen LogP contribution in [0.15, 0.2) is 35.7 Å². The number of carbonyl (C=O) groups excluding carboxylic acids is 2. The second kappa shape index (κ2) is 6.64. The minimum Gasteiger partial charge on any atom is -0.338 e. The summed E-state index contributed by atoms with van der Waals surface area (Å²) in [6, 6.07) is 10.0. The number of hydrogen-bond donors (Lipinski definition) is 0. The largest absolute Gasteiger partial charge is 0.338 e. The van der Waals surface area contributed by atoms with Gasteiger partial charge in [0.1, 0.15) is 0 Å². The summed E-state index contributed by atoms with van der Waals surface area (Å²) in [4.78, 5) is 30.1. The van der Waals surface area contributed by atoms with Gasteiger partial charge in [0.15, 0.2) is 0 Å². The van der Waals surface area contributed by atoms with E-state index in [9.17, 15) is 9.59 Å². The third-order valence-electron chi connectivity index (χ3n) is 5.26. The first-order valence-corrected chi connectivity index (χ1v) is 9.75. The minimum absolute atomic E-state index is 0.0824. The zero-order valence-corrected chi connectivity index (χ0v) is 15.2. The Kier molecular flexibility index (Phi) is 4.34. The zero-order chi connectivity index (χ0) is 17.4. The summed E-state index contributed by atoms with van der Waals surface area (Å²) >= 11 is 1.78. The van der Waals surface area contributed by atoms with Crippen molar-refractivity contribution in [3.63, 3.8) is 0 Å². The SMILES string of the molecule is C[C@H]1c2ccsc2CCN1C(=O)c1cccc(CN2CCCC2=O)c1. The predicted octanol–water partition coefficient (Wildman–Crippen LogP) is 3.63. The highest BCUT2D eigenvalue weighted by atomic mass is 32.1. The lowest BCUT2D eigenvalue weighted by atomic mass is 10.00. The topological polar surface area (TPSA) is 40.6 Å². The number of carbonyl (C=O) groups is 2. The van der Waals surface area contributed by atoms with E-state index in [4.69, 9.17) is 0 Å². The van der Waals surface area contributed by atoms with Crippen molar-refractivity contribution in [3.8, 4) is 0 Å². The Morgan fingerprint density at radius 3 is 2.92 bits per heavy atom. The Labute approximate surface area is 152 Å². The van der Waals surface area contributed by atoms with Crippen molar-refractivity contribution >= 4 is 23.2 Å². The van der Waals surface area contributed by atoms with Gasteiger partial charge in [-0.1, -0.05) is 12.1 Å². The summed E-state index contributed by atoms with van der Waals surface area (Å²) < 4.78 is 0. The molecule has 2 aliphatic rings. The van der Waals surface area contributed by atoms with Crippen LogP contribution >= 0.6 is 11.3 Å². The number of fused-ring (bicyclic) bond motifs is 1. The van der Waals surface area contributed by atoms with Crippen LogP contribution in [0.3, 0.4) is 0 Å². The summed E-state index contributed by atoms with van der Waals surface area (Å²) in [7, 11) is 0. The van der Waals surface area contributed by atoms with Gasteiger partial charge in [-0.15, -0.1) is 11.3 Å². The van der Waals surface area contributed by atoms with E-state index in [2.05, 4.69) is 18.4 Å². The van der Waals surface area contributed by atoms with Crippen molar-refractivity contribution in [2.45, 2.75) is 38.8 Å². The second-order valence-corrected chi connectivity index (χ2v) is 7.84. The van der Waals surface area contributed by atoms with Crippen LogP contribution in [0.25, 0.3) is 0 Å². The highest BCUT2D eigenvalue weighted by Crippen LogP contribution is 2.33. The molecule has 3 heterocycles. The van der Waals surface area contributed by atoms with E-state index in [-0.39, 0.29) is 17.9 Å². The monoisotopic (exact) mass is 354 g/mol. The van der Waals surface area contributed by atoms with E-state index in [0.29, 0.717) is 13.0 Å². The minimum atomic E-state index is 0.0824. The van der Waals surface area contributed by atoms with Gasteiger partial charge in [0.25, 0.3) is 5.91 Å². The maximum atomic E-state index is 13.0. The van der Waals surface area contributed by atoms with Crippen LogP contribution in [-0.2, 0) is 17.8 Å². The third-order valence-corrected chi connectivity index (χ3v) is 6.25. The van der Waals surface area contributed by atoms with E-state index >= 15 is 0 Å². The van der Waals surface area contributed by atoms with Gasteiger partial charge < -0.3 is 9.80 Å². The van der Waals surface area contributed by atoms with Gasteiger partial charge in [-0.25, -0.2) is 0 Å². The zero-order valence-electron chi connectivity index (χ0n) is 14.4. The Balaban J connectivity index is 1.53. The molecular weight excluding hydrogens is 332 g/mol. The van der Waals surface area contributed by atoms with E-state index in [0.717, 1.165) is 37.1 Å². The molecule has 0 spiro atoms. The van der Waals surface area contributed by atoms with Gasteiger partial charge in [-0.2, -0.15) is 0 Å². The first kappa shape index (κ1) is 16.3. The molecule has 0 N–H and O–H groups in total. The Hall–Kier alpha value is -2.14. The number of nitrogens with zero attached hydrogens (tertiary/aromatic N) is 2. The molecule has 0 unspecified atom stereocenters. The van der Waals surface area contributed by atoms with Crippen molar-refractivity contribution in [3.05, 3.63) is 57.3 Å². The van der Waals surface area contributed by atoms with Gasteiger partial charge in [0.2, 0.25) is 5.91 Å². The van der Waals surface area contributed by atoms with Crippen molar-refractivity contribution in [1.29, 1.82) is 0 Å². The molecule has 0 aliphatic carbocycles. The summed E-state index contributed by atoms with van der Waals surface area (Å²) in [6.07, 6.45) is 2.52. The lowest BCUT2D eigenvalue weighted by Gasteiger charge is -2.33. The fourth-order valence-corrected chi connectivity index (χ4v) is 4.81. The molecule has 1 fully saturated rings. The fourth-order valence-electron chi connectivity index (χ4n) is 3.85. The van der Waals surface area contributed by atoms with Gasteiger partial charge in [0, 0.05) is 36.5 Å². The maximum Gasteiger partial charge on any atom is 0.254 e. The molecule has 4 nitrogen and oxygen atoms in total. The van der Waals surface area contributed by atoms with Crippen LogP contribution in [0, 0.1) is 0 Å². The van der Waals surface area contributed by atoms with Crippen molar-refractivity contribution in [1.82, 2.24) is 9.80 Å². The number of amides is 2. The van der Waals surface area contributed by atoms with E-state index in [1.165, 1.54) is 10.4 Å². The van der Waals surface area contributed by atoms with Crippen LogP contribution in [-0.4, -0.2) is 34.7 Å². The normalized spacial score (nSPS) is 20.0. The smallest absolute Gasteiger partial charge is 0.254 e. The average molecular weight is 354 g/mol.